The van der Waals surface area contributed by atoms with Gasteiger partial charge in [-0.2, -0.15) is 0 Å². The topological polar surface area (TPSA) is 145 Å². The monoisotopic (exact) mass is 419 g/mol. The number of aromatic amines is 2. The Labute approximate surface area is 174 Å². The summed E-state index contributed by atoms with van der Waals surface area (Å²) in [5, 5.41) is 12.3. The Morgan fingerprint density at radius 3 is 2.48 bits per heavy atom. The summed E-state index contributed by atoms with van der Waals surface area (Å²) in [6.45, 7) is 0. The summed E-state index contributed by atoms with van der Waals surface area (Å²) in [5.41, 5.74) is 0.676. The zero-order chi connectivity index (χ0) is 21.7. The summed E-state index contributed by atoms with van der Waals surface area (Å²) < 4.78 is 5.48. The second-order valence-electron chi connectivity index (χ2n) is 7.62. The first-order valence-electron chi connectivity index (χ1n) is 9.68. The van der Waals surface area contributed by atoms with E-state index in [0.29, 0.717) is 29.0 Å². The second-order valence-corrected chi connectivity index (χ2v) is 7.62. The number of ketones is 1. The summed E-state index contributed by atoms with van der Waals surface area (Å²) in [4.78, 5) is 53.9. The van der Waals surface area contributed by atoms with Crippen molar-refractivity contribution in [2.75, 3.05) is 5.32 Å². The summed E-state index contributed by atoms with van der Waals surface area (Å²) in [5.74, 6) is -1.20. The number of rotatable bonds is 3. The third-order valence-electron chi connectivity index (χ3n) is 5.78. The van der Waals surface area contributed by atoms with Gasteiger partial charge in [0.2, 0.25) is 0 Å². The number of aromatic nitrogens is 2. The van der Waals surface area contributed by atoms with Gasteiger partial charge in [-0.3, -0.25) is 19.6 Å². The fourth-order valence-electron chi connectivity index (χ4n) is 4.43. The van der Waals surface area contributed by atoms with Crippen LogP contribution in [0.15, 0.2) is 67.9 Å². The number of furan rings is 1. The molecule has 0 bridgehead atoms. The lowest BCUT2D eigenvalue weighted by Gasteiger charge is -2.35. The van der Waals surface area contributed by atoms with E-state index in [4.69, 9.17) is 4.42 Å². The molecule has 0 spiro atoms. The van der Waals surface area contributed by atoms with E-state index in [9.17, 15) is 24.3 Å². The van der Waals surface area contributed by atoms with Crippen LogP contribution in [-0.4, -0.2) is 26.8 Å². The van der Waals surface area contributed by atoms with Crippen molar-refractivity contribution in [2.45, 2.75) is 24.7 Å². The van der Waals surface area contributed by atoms with Crippen molar-refractivity contribution < 1.29 is 19.1 Å². The number of Topliss-reactive ketones (excluding diaryl/α,β-unsaturated/α-hetero) is 1. The maximum atomic E-state index is 13.3. The minimum Gasteiger partial charge on any atom is -0.478 e. The first kappa shape index (κ1) is 18.9. The SMILES string of the molecule is O=C1CC(c2ccco2)CC2=C1C(c1ccc(C(=O)O)cc1)c1c([nH]c(=O)[nH]c1=O)N2. The molecule has 2 aliphatic rings. The number of benzene rings is 1. The van der Waals surface area contributed by atoms with Crippen LogP contribution in [0.5, 0.6) is 0 Å². The first-order chi connectivity index (χ1) is 14.9. The van der Waals surface area contributed by atoms with Crippen molar-refractivity contribution in [1.82, 2.24) is 9.97 Å². The largest absolute Gasteiger partial charge is 0.478 e. The molecule has 1 aliphatic heterocycles. The molecule has 3 heterocycles. The van der Waals surface area contributed by atoms with E-state index in [1.165, 1.54) is 12.1 Å². The summed E-state index contributed by atoms with van der Waals surface area (Å²) >= 11 is 0. The van der Waals surface area contributed by atoms with Crippen LogP contribution in [0, 0.1) is 0 Å². The van der Waals surface area contributed by atoms with Crippen LogP contribution in [0.1, 0.15) is 51.9 Å². The van der Waals surface area contributed by atoms with E-state index >= 15 is 0 Å². The number of aromatic carboxylic acids is 1. The average molecular weight is 419 g/mol. The molecule has 31 heavy (non-hydrogen) atoms. The van der Waals surface area contributed by atoms with E-state index in [1.54, 1.807) is 24.5 Å². The van der Waals surface area contributed by atoms with Gasteiger partial charge in [0.1, 0.15) is 11.6 Å². The molecule has 1 aliphatic carbocycles. The highest BCUT2D eigenvalue weighted by Gasteiger charge is 2.40. The van der Waals surface area contributed by atoms with Crippen LogP contribution in [0.2, 0.25) is 0 Å². The summed E-state index contributed by atoms with van der Waals surface area (Å²) in [7, 11) is 0. The highest BCUT2D eigenvalue weighted by Crippen LogP contribution is 2.46. The molecule has 4 N–H and O–H groups in total. The maximum Gasteiger partial charge on any atom is 0.335 e. The third-order valence-corrected chi connectivity index (χ3v) is 5.78. The molecule has 9 heteroatoms. The zero-order valence-electron chi connectivity index (χ0n) is 16.1. The molecule has 0 saturated carbocycles. The van der Waals surface area contributed by atoms with Crippen LogP contribution in [0.4, 0.5) is 5.82 Å². The number of hydrogen-bond donors (Lipinski definition) is 4. The highest BCUT2D eigenvalue weighted by molar-refractivity contribution is 6.01. The van der Waals surface area contributed by atoms with Gasteiger partial charge in [-0.25, -0.2) is 9.59 Å². The van der Waals surface area contributed by atoms with E-state index in [1.807, 2.05) is 6.07 Å². The smallest absolute Gasteiger partial charge is 0.335 e. The normalized spacial score (nSPS) is 20.1. The zero-order valence-corrected chi connectivity index (χ0v) is 16.1. The Balaban J connectivity index is 1.68. The minimum absolute atomic E-state index is 0.0929. The van der Waals surface area contributed by atoms with Crippen LogP contribution < -0.4 is 16.6 Å². The van der Waals surface area contributed by atoms with Crippen LogP contribution in [0.25, 0.3) is 0 Å². The molecule has 5 rings (SSSR count). The van der Waals surface area contributed by atoms with Gasteiger partial charge < -0.3 is 14.8 Å². The van der Waals surface area contributed by atoms with Gasteiger partial charge in [0.25, 0.3) is 5.56 Å². The number of nitrogens with one attached hydrogen (secondary N) is 3. The van der Waals surface area contributed by atoms with Crippen LogP contribution >= 0.6 is 0 Å². The molecule has 2 unspecified atom stereocenters. The fraction of sp³-hybridized carbons (Fsp3) is 0.182. The van der Waals surface area contributed by atoms with E-state index < -0.39 is 23.1 Å². The lowest BCUT2D eigenvalue weighted by atomic mass is 9.73. The van der Waals surface area contributed by atoms with Crippen molar-refractivity contribution in [1.29, 1.82) is 0 Å². The molecule has 2 aromatic heterocycles. The fourth-order valence-corrected chi connectivity index (χ4v) is 4.43. The van der Waals surface area contributed by atoms with E-state index in [-0.39, 0.29) is 35.1 Å². The summed E-state index contributed by atoms with van der Waals surface area (Å²) in [6.07, 6.45) is 2.23. The van der Waals surface area contributed by atoms with Crippen LogP contribution in [-0.2, 0) is 4.79 Å². The molecular formula is C22H17N3O6. The number of hydrogen-bond acceptors (Lipinski definition) is 6. The van der Waals surface area contributed by atoms with Crippen molar-refractivity contribution >= 4 is 17.6 Å². The van der Waals surface area contributed by atoms with Crippen molar-refractivity contribution in [3.05, 3.63) is 97.2 Å². The van der Waals surface area contributed by atoms with Crippen molar-refractivity contribution in [3.63, 3.8) is 0 Å². The number of carboxylic acids is 1. The molecule has 0 amide bonds. The number of anilines is 1. The number of carbonyl (C=O) groups excluding carboxylic acids is 1. The van der Waals surface area contributed by atoms with Gasteiger partial charge in [0.15, 0.2) is 5.78 Å². The van der Waals surface area contributed by atoms with Gasteiger partial charge in [0, 0.05) is 29.5 Å². The number of carbonyl (C=O) groups is 2. The predicted molar refractivity (Wildman–Crippen MR) is 109 cm³/mol. The standard InChI is InChI=1S/C22H17N3O6/c26-14-9-12(15-2-1-7-31-15)8-13-17(14)16(10-3-5-11(6-4-10)21(28)29)18-19(23-13)24-22(30)25-20(18)27/h1-7,12,16H,8-9H2,(H,28,29)(H3,23,24,25,27,30). The molecule has 1 aromatic carbocycles. The lowest BCUT2D eigenvalue weighted by molar-refractivity contribution is -0.116. The predicted octanol–water partition coefficient (Wildman–Crippen LogP) is 2.31. The van der Waals surface area contributed by atoms with E-state index in [2.05, 4.69) is 15.3 Å². The van der Waals surface area contributed by atoms with Crippen molar-refractivity contribution in [3.8, 4) is 0 Å². The molecule has 0 saturated heterocycles. The van der Waals surface area contributed by atoms with E-state index in [0.717, 1.165) is 0 Å². The number of fused-ring (bicyclic) bond motifs is 1. The maximum absolute atomic E-state index is 13.3. The Morgan fingerprint density at radius 1 is 1.03 bits per heavy atom. The number of allylic oxidation sites excluding steroid dienone is 2. The molecular weight excluding hydrogens is 402 g/mol. The van der Waals surface area contributed by atoms with Gasteiger partial charge in [-0.05, 0) is 36.2 Å². The molecule has 9 nitrogen and oxygen atoms in total. The molecule has 3 aromatic rings. The Bertz CT molecular complexity index is 1350. The number of carboxylic acid groups (broad SMARTS) is 1. The first-order valence-corrected chi connectivity index (χ1v) is 9.68. The van der Waals surface area contributed by atoms with Crippen LogP contribution in [0.3, 0.4) is 0 Å². The van der Waals surface area contributed by atoms with Crippen molar-refractivity contribution in [2.24, 2.45) is 0 Å². The third kappa shape index (κ3) is 3.10. The second kappa shape index (κ2) is 6.98. The highest BCUT2D eigenvalue weighted by atomic mass is 16.4. The summed E-state index contributed by atoms with van der Waals surface area (Å²) in [6, 6.07) is 9.61. The average Bonchev–Trinajstić information content (AvgIpc) is 3.27. The molecule has 0 fully saturated rings. The minimum atomic E-state index is -1.07. The Hall–Kier alpha value is -4.14. The molecule has 156 valence electrons. The Kier molecular flexibility index (Phi) is 4.25. The molecule has 0 radical (unpaired) electrons. The van der Waals surface area contributed by atoms with Gasteiger partial charge in [-0.15, -0.1) is 0 Å². The number of H-pyrrole nitrogens is 2. The molecule has 2 atom stereocenters. The quantitative estimate of drug-likeness (QED) is 0.510. The van der Waals surface area contributed by atoms with Gasteiger partial charge >= 0.3 is 11.7 Å². The van der Waals surface area contributed by atoms with Gasteiger partial charge in [-0.1, -0.05) is 12.1 Å². The Morgan fingerprint density at radius 2 is 1.81 bits per heavy atom. The van der Waals surface area contributed by atoms with Gasteiger partial charge in [0.05, 0.1) is 17.4 Å². The lowest BCUT2D eigenvalue weighted by Crippen LogP contribution is -2.37.